The molecule has 32 heavy (non-hydrogen) atoms. The monoisotopic (exact) mass is 435 g/mol. The van der Waals surface area contributed by atoms with E-state index in [1.165, 1.54) is 12.8 Å². The molecule has 2 heterocycles. The van der Waals surface area contributed by atoms with Crippen LogP contribution >= 0.6 is 0 Å². The van der Waals surface area contributed by atoms with Crippen LogP contribution in [0, 0.1) is 0 Å². The van der Waals surface area contributed by atoms with Crippen LogP contribution < -0.4 is 5.32 Å². The summed E-state index contributed by atoms with van der Waals surface area (Å²) >= 11 is 0. The van der Waals surface area contributed by atoms with Crippen LogP contribution in [0.5, 0.6) is 0 Å². The van der Waals surface area contributed by atoms with Gasteiger partial charge in [0.25, 0.3) is 5.91 Å². The molecule has 2 aromatic rings. The lowest BCUT2D eigenvalue weighted by atomic mass is 9.79. The molecular formula is C26H33N3O3. The number of carbonyl (C=O) groups excluding carboxylic acids is 2. The Morgan fingerprint density at radius 1 is 1.12 bits per heavy atom. The summed E-state index contributed by atoms with van der Waals surface area (Å²) < 4.78 is 5.29. The number of hydrogen-bond acceptors (Lipinski definition) is 4. The molecule has 1 saturated heterocycles. The topological polar surface area (TPSA) is 61.9 Å². The highest BCUT2D eigenvalue weighted by molar-refractivity contribution is 6.01. The third-order valence-corrected chi connectivity index (χ3v) is 6.85. The van der Waals surface area contributed by atoms with Crippen molar-refractivity contribution < 1.29 is 14.3 Å². The Kier molecular flexibility index (Phi) is 7.22. The molecule has 170 valence electrons. The van der Waals surface area contributed by atoms with E-state index in [9.17, 15) is 9.59 Å². The van der Waals surface area contributed by atoms with Gasteiger partial charge in [-0.1, -0.05) is 48.5 Å². The maximum atomic E-state index is 13.6. The summed E-state index contributed by atoms with van der Waals surface area (Å²) in [4.78, 5) is 31.2. The van der Waals surface area contributed by atoms with Crippen molar-refractivity contribution in [3.63, 3.8) is 0 Å². The van der Waals surface area contributed by atoms with E-state index in [2.05, 4.69) is 17.3 Å². The van der Waals surface area contributed by atoms with Gasteiger partial charge in [0.15, 0.2) is 0 Å². The van der Waals surface area contributed by atoms with Gasteiger partial charge in [0.05, 0.1) is 18.6 Å². The standard InChI is InChI=1S/C26H33N3O3/c1-28-16-8-11-20(28)14-15-27-25(30)23-21-12-6-7-13-22(21)26(31)29(17-18-32-2)24(23)19-9-4-3-5-10-19/h3-7,9-10,12-13,20,23-24H,8,11,14-18H2,1-2H3,(H,27,30)/t20-,23+,24-/m1/s1. The summed E-state index contributed by atoms with van der Waals surface area (Å²) in [7, 11) is 3.78. The summed E-state index contributed by atoms with van der Waals surface area (Å²) in [5, 5.41) is 3.20. The molecule has 1 N–H and O–H groups in total. The van der Waals surface area contributed by atoms with Gasteiger partial charge in [0.1, 0.15) is 0 Å². The van der Waals surface area contributed by atoms with Crippen LogP contribution in [0.1, 0.15) is 52.7 Å². The summed E-state index contributed by atoms with van der Waals surface area (Å²) in [5.74, 6) is -0.547. The van der Waals surface area contributed by atoms with Crippen molar-refractivity contribution in [3.8, 4) is 0 Å². The SMILES string of the molecule is COCCN1C(=O)c2ccccc2[C@H](C(=O)NCC[C@H]2CCCN2C)[C@H]1c1ccccc1. The van der Waals surface area contributed by atoms with Crippen LogP contribution in [0.25, 0.3) is 0 Å². The third kappa shape index (κ3) is 4.57. The number of likely N-dealkylation sites (tertiary alicyclic amines) is 1. The van der Waals surface area contributed by atoms with Crippen molar-refractivity contribution in [2.24, 2.45) is 0 Å². The van der Waals surface area contributed by atoms with Gasteiger partial charge in [0, 0.05) is 31.8 Å². The molecule has 0 radical (unpaired) electrons. The fraction of sp³-hybridized carbons (Fsp3) is 0.462. The lowest BCUT2D eigenvalue weighted by Gasteiger charge is -2.41. The molecule has 6 nitrogen and oxygen atoms in total. The second-order valence-corrected chi connectivity index (χ2v) is 8.77. The van der Waals surface area contributed by atoms with Gasteiger partial charge < -0.3 is 19.9 Å². The Morgan fingerprint density at radius 3 is 2.59 bits per heavy atom. The van der Waals surface area contributed by atoms with Crippen LogP contribution in [0.2, 0.25) is 0 Å². The second-order valence-electron chi connectivity index (χ2n) is 8.77. The molecule has 3 atom stereocenters. The maximum absolute atomic E-state index is 13.6. The van der Waals surface area contributed by atoms with Crippen molar-refractivity contribution in [1.82, 2.24) is 15.1 Å². The van der Waals surface area contributed by atoms with Crippen molar-refractivity contribution in [1.29, 1.82) is 0 Å². The van der Waals surface area contributed by atoms with E-state index in [0.29, 0.717) is 31.3 Å². The number of benzene rings is 2. The number of rotatable bonds is 8. The van der Waals surface area contributed by atoms with Crippen LogP contribution in [0.4, 0.5) is 0 Å². The highest BCUT2D eigenvalue weighted by Crippen LogP contribution is 2.42. The third-order valence-electron chi connectivity index (χ3n) is 6.85. The van der Waals surface area contributed by atoms with Crippen LogP contribution in [0.15, 0.2) is 54.6 Å². The zero-order chi connectivity index (χ0) is 22.5. The number of amides is 2. The zero-order valence-corrected chi connectivity index (χ0v) is 19.0. The number of hydrogen-bond donors (Lipinski definition) is 1. The molecule has 0 aromatic heterocycles. The minimum absolute atomic E-state index is 0.0260. The van der Waals surface area contributed by atoms with Crippen molar-refractivity contribution in [2.75, 3.05) is 40.4 Å². The number of carbonyl (C=O) groups is 2. The quantitative estimate of drug-likeness (QED) is 0.692. The normalized spacial score (nSPS) is 23.2. The summed E-state index contributed by atoms with van der Waals surface area (Å²) in [6, 6.07) is 17.5. The number of nitrogens with one attached hydrogen (secondary N) is 1. The summed E-state index contributed by atoms with van der Waals surface area (Å²) in [6.45, 7) is 2.61. The fourth-order valence-electron chi connectivity index (χ4n) is 5.15. The molecule has 0 bridgehead atoms. The van der Waals surface area contributed by atoms with E-state index in [1.807, 2.05) is 54.6 Å². The maximum Gasteiger partial charge on any atom is 0.254 e. The molecule has 2 aliphatic rings. The van der Waals surface area contributed by atoms with E-state index in [0.717, 1.165) is 24.1 Å². The zero-order valence-electron chi connectivity index (χ0n) is 19.0. The van der Waals surface area contributed by atoms with E-state index in [4.69, 9.17) is 4.74 Å². The Hall–Kier alpha value is -2.70. The molecule has 2 amide bonds. The average molecular weight is 436 g/mol. The minimum atomic E-state index is -0.468. The largest absolute Gasteiger partial charge is 0.383 e. The van der Waals surface area contributed by atoms with Crippen molar-refractivity contribution in [2.45, 2.75) is 37.3 Å². The summed E-state index contributed by atoms with van der Waals surface area (Å²) in [6.07, 6.45) is 3.35. The summed E-state index contributed by atoms with van der Waals surface area (Å²) in [5.41, 5.74) is 2.36. The first-order chi connectivity index (χ1) is 15.6. The van der Waals surface area contributed by atoms with Gasteiger partial charge in [-0.2, -0.15) is 0 Å². The molecule has 2 aliphatic heterocycles. The molecule has 1 fully saturated rings. The van der Waals surface area contributed by atoms with Gasteiger partial charge in [-0.25, -0.2) is 0 Å². The molecule has 0 saturated carbocycles. The Labute approximate surface area is 190 Å². The Balaban J connectivity index is 1.64. The van der Waals surface area contributed by atoms with Gasteiger partial charge in [-0.05, 0) is 50.0 Å². The van der Waals surface area contributed by atoms with Gasteiger partial charge >= 0.3 is 0 Å². The highest BCUT2D eigenvalue weighted by atomic mass is 16.5. The van der Waals surface area contributed by atoms with E-state index in [-0.39, 0.29) is 17.9 Å². The van der Waals surface area contributed by atoms with Crippen LogP contribution in [-0.2, 0) is 9.53 Å². The first kappa shape index (κ1) is 22.5. The number of methoxy groups -OCH3 is 1. The Bertz CT molecular complexity index is 933. The number of nitrogens with zero attached hydrogens (tertiary/aromatic N) is 2. The second kappa shape index (κ2) is 10.3. The van der Waals surface area contributed by atoms with Crippen LogP contribution in [0.3, 0.4) is 0 Å². The Morgan fingerprint density at radius 2 is 1.88 bits per heavy atom. The fourth-order valence-corrected chi connectivity index (χ4v) is 5.15. The smallest absolute Gasteiger partial charge is 0.254 e. The molecular weight excluding hydrogens is 402 g/mol. The first-order valence-electron chi connectivity index (χ1n) is 11.5. The minimum Gasteiger partial charge on any atom is -0.383 e. The highest BCUT2D eigenvalue weighted by Gasteiger charge is 2.43. The lowest BCUT2D eigenvalue weighted by molar-refractivity contribution is -0.124. The molecule has 0 unspecified atom stereocenters. The predicted octanol–water partition coefficient (Wildman–Crippen LogP) is 3.21. The molecule has 2 aromatic carbocycles. The van der Waals surface area contributed by atoms with Crippen molar-refractivity contribution in [3.05, 3.63) is 71.3 Å². The molecule has 0 spiro atoms. The van der Waals surface area contributed by atoms with Gasteiger partial charge in [0.2, 0.25) is 5.91 Å². The molecule has 0 aliphatic carbocycles. The first-order valence-corrected chi connectivity index (χ1v) is 11.5. The molecule has 6 heteroatoms. The van der Waals surface area contributed by atoms with Gasteiger partial charge in [-0.3, -0.25) is 9.59 Å². The van der Waals surface area contributed by atoms with E-state index < -0.39 is 5.92 Å². The van der Waals surface area contributed by atoms with Crippen molar-refractivity contribution >= 4 is 11.8 Å². The average Bonchev–Trinajstić information content (AvgIpc) is 3.23. The number of ether oxygens (including phenoxy) is 1. The molecule has 4 rings (SSSR count). The number of fused-ring (bicyclic) bond motifs is 1. The van der Waals surface area contributed by atoms with Crippen LogP contribution in [-0.4, -0.2) is 68.1 Å². The van der Waals surface area contributed by atoms with E-state index >= 15 is 0 Å². The lowest BCUT2D eigenvalue weighted by Crippen LogP contribution is -2.48. The van der Waals surface area contributed by atoms with Gasteiger partial charge in [-0.15, -0.1) is 0 Å². The predicted molar refractivity (Wildman–Crippen MR) is 125 cm³/mol. The van der Waals surface area contributed by atoms with E-state index in [1.54, 1.807) is 12.0 Å².